The maximum absolute atomic E-state index is 12.8. The quantitative estimate of drug-likeness (QED) is 0.0361. The van der Waals surface area contributed by atoms with Gasteiger partial charge in [-0.15, -0.1) is 0 Å². The summed E-state index contributed by atoms with van der Waals surface area (Å²) >= 11 is 0. The molecule has 296 valence electrons. The summed E-state index contributed by atoms with van der Waals surface area (Å²) in [7, 11) is 1.68. The highest BCUT2D eigenvalue weighted by Gasteiger charge is 2.36. The van der Waals surface area contributed by atoms with Crippen LogP contribution in [0.5, 0.6) is 5.75 Å². The topological polar surface area (TPSA) is 165 Å². The number of fused-ring (bicyclic) bond motifs is 1. The van der Waals surface area contributed by atoms with Gasteiger partial charge in [0.15, 0.2) is 6.29 Å². The number of carbonyl (C=O) groups excluding carboxylic acids is 4. The van der Waals surface area contributed by atoms with Crippen LogP contribution in [0.3, 0.4) is 0 Å². The first kappa shape index (κ1) is 40.7. The SMILES string of the molecule is C=C(OCc1ccc(N(C)C(=O)c2ccccc2C=O)cc1)c1cc(N)ccc1C.C=C(OCc1ccc(N2C(=O)c3ccccc3C2=O)cc1)c1cc(N)ccc1O. The monoisotopic (exact) mass is 786 g/mol. The van der Waals surface area contributed by atoms with Crippen LogP contribution < -0.4 is 21.3 Å². The minimum absolute atomic E-state index is 0.0326. The van der Waals surface area contributed by atoms with Gasteiger partial charge in [0.25, 0.3) is 17.7 Å². The number of hydrogen-bond donors (Lipinski definition) is 3. The van der Waals surface area contributed by atoms with Crippen LogP contribution in [0.1, 0.15) is 69.2 Å². The molecule has 7 rings (SSSR count). The number of nitrogen functional groups attached to an aromatic ring is 2. The van der Waals surface area contributed by atoms with Crippen molar-refractivity contribution in [1.82, 2.24) is 0 Å². The van der Waals surface area contributed by atoms with Crippen LogP contribution in [0.25, 0.3) is 11.5 Å². The Labute approximate surface area is 342 Å². The number of hydrogen-bond acceptors (Lipinski definition) is 9. The third kappa shape index (κ3) is 9.22. The third-order valence-electron chi connectivity index (χ3n) is 9.64. The van der Waals surface area contributed by atoms with Gasteiger partial charge in [-0.25, -0.2) is 4.90 Å². The minimum atomic E-state index is -0.333. The minimum Gasteiger partial charge on any atom is -0.507 e. The number of amides is 3. The van der Waals surface area contributed by atoms with Gasteiger partial charge in [-0.05, 0) is 96.4 Å². The van der Waals surface area contributed by atoms with Crippen molar-refractivity contribution < 1.29 is 33.8 Å². The molecule has 3 amide bonds. The molecule has 6 aromatic carbocycles. The van der Waals surface area contributed by atoms with Crippen LogP contribution in [0.15, 0.2) is 147 Å². The Bertz CT molecular complexity index is 2550. The van der Waals surface area contributed by atoms with E-state index in [1.807, 2.05) is 49.4 Å². The average molecular weight is 787 g/mol. The van der Waals surface area contributed by atoms with Gasteiger partial charge in [-0.3, -0.25) is 19.2 Å². The van der Waals surface area contributed by atoms with Gasteiger partial charge in [0.1, 0.15) is 30.5 Å². The van der Waals surface area contributed by atoms with Crippen molar-refractivity contribution >= 4 is 58.3 Å². The van der Waals surface area contributed by atoms with E-state index in [1.165, 1.54) is 15.9 Å². The van der Waals surface area contributed by atoms with Crippen LogP contribution in [-0.2, 0) is 22.7 Å². The van der Waals surface area contributed by atoms with Crippen LogP contribution in [0, 0.1) is 6.92 Å². The van der Waals surface area contributed by atoms with Gasteiger partial charge < -0.3 is 30.9 Å². The molecule has 11 nitrogen and oxygen atoms in total. The number of aldehydes is 1. The van der Waals surface area contributed by atoms with E-state index in [2.05, 4.69) is 13.2 Å². The van der Waals surface area contributed by atoms with Gasteiger partial charge in [0.05, 0.1) is 27.9 Å². The zero-order valence-corrected chi connectivity index (χ0v) is 32.6. The van der Waals surface area contributed by atoms with Crippen LogP contribution >= 0.6 is 0 Å². The molecule has 0 aliphatic carbocycles. The van der Waals surface area contributed by atoms with E-state index in [-0.39, 0.29) is 30.1 Å². The third-order valence-corrected chi connectivity index (χ3v) is 9.64. The van der Waals surface area contributed by atoms with Crippen molar-refractivity contribution in [3.63, 3.8) is 0 Å². The number of phenols is 1. The molecule has 0 atom stereocenters. The summed E-state index contributed by atoms with van der Waals surface area (Å²) in [5.74, 6) is -0.0292. The summed E-state index contributed by atoms with van der Waals surface area (Å²) in [5, 5.41) is 9.92. The lowest BCUT2D eigenvalue weighted by Crippen LogP contribution is -2.29. The van der Waals surface area contributed by atoms with Crippen molar-refractivity contribution in [2.75, 3.05) is 28.3 Å². The number of nitrogens with two attached hydrogens (primary N) is 2. The summed E-state index contributed by atoms with van der Waals surface area (Å²) in [4.78, 5) is 51.8. The fourth-order valence-corrected chi connectivity index (χ4v) is 6.29. The van der Waals surface area contributed by atoms with Crippen LogP contribution in [-0.4, -0.2) is 36.2 Å². The molecule has 0 unspecified atom stereocenters. The summed E-state index contributed by atoms with van der Waals surface area (Å²) in [6, 6.07) is 38.2. The van der Waals surface area contributed by atoms with E-state index in [0.29, 0.717) is 69.3 Å². The number of nitrogens with zero attached hydrogens (tertiary/aromatic N) is 2. The van der Waals surface area contributed by atoms with Crippen molar-refractivity contribution in [3.8, 4) is 5.75 Å². The Kier molecular flexibility index (Phi) is 12.4. The number of ether oxygens (including phenoxy) is 2. The number of anilines is 4. The number of phenolic OH excluding ortho intramolecular Hbond substituents is 1. The Hall–Kier alpha value is -7.92. The zero-order chi connectivity index (χ0) is 42.2. The first-order valence-electron chi connectivity index (χ1n) is 18.4. The molecule has 0 spiro atoms. The fraction of sp³-hybridized carbons (Fsp3) is 0.0833. The molecule has 0 saturated heterocycles. The molecular formula is C48H42N4O7. The van der Waals surface area contributed by atoms with Gasteiger partial charge >= 0.3 is 0 Å². The zero-order valence-electron chi connectivity index (χ0n) is 32.6. The maximum atomic E-state index is 12.8. The molecule has 0 fully saturated rings. The Morgan fingerprint density at radius 3 is 1.80 bits per heavy atom. The summed E-state index contributed by atoms with van der Waals surface area (Å²) in [5.41, 5.74) is 19.6. The van der Waals surface area contributed by atoms with Gasteiger partial charge in [0, 0.05) is 35.2 Å². The van der Waals surface area contributed by atoms with Gasteiger partial charge in [-0.2, -0.15) is 0 Å². The van der Waals surface area contributed by atoms with Crippen molar-refractivity contribution in [2.24, 2.45) is 0 Å². The first-order chi connectivity index (χ1) is 28.4. The van der Waals surface area contributed by atoms with Gasteiger partial charge in [-0.1, -0.05) is 73.8 Å². The van der Waals surface area contributed by atoms with E-state index in [0.717, 1.165) is 27.9 Å². The molecule has 0 radical (unpaired) electrons. The van der Waals surface area contributed by atoms with Crippen molar-refractivity contribution in [3.05, 3.63) is 197 Å². The number of benzene rings is 6. The molecular weight excluding hydrogens is 745 g/mol. The second-order valence-electron chi connectivity index (χ2n) is 13.7. The van der Waals surface area contributed by atoms with Gasteiger partial charge in [0.2, 0.25) is 0 Å². The first-order valence-corrected chi connectivity index (χ1v) is 18.4. The highest BCUT2D eigenvalue weighted by atomic mass is 16.5. The predicted molar refractivity (Wildman–Crippen MR) is 231 cm³/mol. The lowest BCUT2D eigenvalue weighted by molar-refractivity contribution is 0.0924. The lowest BCUT2D eigenvalue weighted by Gasteiger charge is -2.19. The van der Waals surface area contributed by atoms with Crippen molar-refractivity contribution in [1.29, 1.82) is 0 Å². The average Bonchev–Trinajstić information content (AvgIpc) is 3.52. The Morgan fingerprint density at radius 2 is 1.20 bits per heavy atom. The van der Waals surface area contributed by atoms with Crippen LogP contribution in [0.4, 0.5) is 22.7 Å². The summed E-state index contributed by atoms with van der Waals surface area (Å²) < 4.78 is 11.5. The molecule has 59 heavy (non-hydrogen) atoms. The highest BCUT2D eigenvalue weighted by Crippen LogP contribution is 2.30. The molecule has 1 aliphatic rings. The molecule has 6 aromatic rings. The smallest absolute Gasteiger partial charge is 0.266 e. The van der Waals surface area contributed by atoms with E-state index in [9.17, 15) is 24.3 Å². The molecule has 0 aromatic heterocycles. The molecule has 1 aliphatic heterocycles. The molecule has 5 N–H and O–H groups in total. The van der Waals surface area contributed by atoms with Crippen LogP contribution in [0.2, 0.25) is 0 Å². The molecule has 1 heterocycles. The maximum Gasteiger partial charge on any atom is 0.266 e. The highest BCUT2D eigenvalue weighted by molar-refractivity contribution is 6.34. The Morgan fingerprint density at radius 1 is 0.695 bits per heavy atom. The van der Waals surface area contributed by atoms with E-state index < -0.39 is 0 Å². The fourth-order valence-electron chi connectivity index (χ4n) is 6.29. The summed E-state index contributed by atoms with van der Waals surface area (Å²) in [6.45, 7) is 10.4. The Balaban J connectivity index is 0.000000198. The van der Waals surface area contributed by atoms with Crippen molar-refractivity contribution in [2.45, 2.75) is 20.1 Å². The second-order valence-corrected chi connectivity index (χ2v) is 13.7. The van der Waals surface area contributed by atoms with E-state index >= 15 is 0 Å². The number of aromatic hydroxyl groups is 1. The number of rotatable bonds is 12. The standard InChI is InChI=1S/C25H24N2O3.C23H18N2O4/c1-17-8-11-21(26)14-24(17)18(2)30-16-19-9-12-22(13-10-19)27(3)25(29)23-7-5-4-6-20(23)15-28;1-14(20-12-16(24)8-11-21(20)26)29-13-15-6-9-17(10-7-15)25-22(27)18-4-2-3-5-19(18)23(25)28/h4-15H,2,16,26H2,1,3H3;2-12,26H,1,13,24H2. The normalized spacial score (nSPS) is 11.5. The molecule has 0 bridgehead atoms. The largest absolute Gasteiger partial charge is 0.507 e. The number of imide groups is 1. The molecule has 0 saturated carbocycles. The van der Waals surface area contributed by atoms with E-state index in [1.54, 1.807) is 92.0 Å². The molecule has 11 heteroatoms. The second kappa shape index (κ2) is 17.9. The number of aryl methyl sites for hydroxylation is 1. The lowest BCUT2D eigenvalue weighted by atomic mass is 10.1. The predicted octanol–water partition coefficient (Wildman–Crippen LogP) is 8.82. The number of carbonyl (C=O) groups is 4. The van der Waals surface area contributed by atoms with E-state index in [4.69, 9.17) is 20.9 Å². The summed E-state index contributed by atoms with van der Waals surface area (Å²) in [6.07, 6.45) is 0.691.